The first-order chi connectivity index (χ1) is 8.84. The molecule has 0 bridgehead atoms. The van der Waals surface area contributed by atoms with Crippen LogP contribution >= 0.6 is 22.6 Å². The van der Waals surface area contributed by atoms with Crippen LogP contribution in [0.1, 0.15) is 26.3 Å². The number of hydrogen-bond acceptors (Lipinski definition) is 3. The van der Waals surface area contributed by atoms with Crippen LogP contribution in [0.3, 0.4) is 0 Å². The van der Waals surface area contributed by atoms with Crippen molar-refractivity contribution in [3.05, 3.63) is 21.3 Å². The van der Waals surface area contributed by atoms with Crippen LogP contribution in [0.2, 0.25) is 0 Å². The number of carbonyl (C=O) groups excluding carboxylic acids is 1. The summed E-state index contributed by atoms with van der Waals surface area (Å²) in [6.45, 7) is 7.45. The molecule has 0 N–H and O–H groups in total. The van der Waals surface area contributed by atoms with Gasteiger partial charge in [-0.25, -0.2) is 4.79 Å². The first-order valence-corrected chi connectivity index (χ1v) is 7.25. The largest absolute Gasteiger partial charge is 0.495 e. The molecular weight excluding hydrogens is 357 g/mol. The van der Waals surface area contributed by atoms with E-state index in [-0.39, 0.29) is 11.5 Å². The number of methoxy groups -OCH3 is 1. The smallest absolute Gasteiger partial charge is 0.414 e. The number of hydrogen-bond donors (Lipinski definition) is 0. The third-order valence-corrected chi connectivity index (χ3v) is 3.91. The molecule has 1 saturated heterocycles. The second kappa shape index (κ2) is 5.19. The minimum atomic E-state index is -0.277. The number of carbonyl (C=O) groups is 1. The lowest BCUT2D eigenvalue weighted by molar-refractivity contribution is 0.181. The fraction of sp³-hybridized carbons (Fsp3) is 0.500. The van der Waals surface area contributed by atoms with Gasteiger partial charge in [0, 0.05) is 11.3 Å². The summed E-state index contributed by atoms with van der Waals surface area (Å²) in [5.41, 5.74) is 1.92. The quantitative estimate of drug-likeness (QED) is 0.743. The number of benzene rings is 1. The molecule has 1 fully saturated rings. The van der Waals surface area contributed by atoms with Gasteiger partial charge in [-0.1, -0.05) is 20.8 Å². The Morgan fingerprint density at radius 3 is 2.53 bits per heavy atom. The van der Waals surface area contributed by atoms with E-state index in [1.807, 2.05) is 12.1 Å². The Balaban J connectivity index is 2.53. The van der Waals surface area contributed by atoms with E-state index in [2.05, 4.69) is 43.4 Å². The molecule has 1 aliphatic rings. The lowest BCUT2D eigenvalue weighted by Gasteiger charge is -2.25. The van der Waals surface area contributed by atoms with Gasteiger partial charge in [0.25, 0.3) is 0 Å². The maximum atomic E-state index is 11.7. The average molecular weight is 375 g/mol. The van der Waals surface area contributed by atoms with E-state index in [1.54, 1.807) is 12.0 Å². The third-order valence-electron chi connectivity index (χ3n) is 3.11. The zero-order valence-corrected chi connectivity index (χ0v) is 13.8. The van der Waals surface area contributed by atoms with E-state index in [9.17, 15) is 4.79 Å². The van der Waals surface area contributed by atoms with Gasteiger partial charge in [0.05, 0.1) is 17.2 Å². The van der Waals surface area contributed by atoms with Crippen LogP contribution in [0.25, 0.3) is 0 Å². The van der Waals surface area contributed by atoms with Gasteiger partial charge < -0.3 is 9.47 Å². The lowest BCUT2D eigenvalue weighted by atomic mass is 9.86. The van der Waals surface area contributed by atoms with E-state index < -0.39 is 0 Å². The Morgan fingerprint density at radius 2 is 2.05 bits per heavy atom. The lowest BCUT2D eigenvalue weighted by Crippen LogP contribution is -2.24. The molecule has 0 atom stereocenters. The van der Waals surface area contributed by atoms with Gasteiger partial charge in [0.2, 0.25) is 0 Å². The van der Waals surface area contributed by atoms with Gasteiger partial charge in [-0.3, -0.25) is 4.90 Å². The maximum Gasteiger partial charge on any atom is 0.414 e. The van der Waals surface area contributed by atoms with Gasteiger partial charge in [-0.2, -0.15) is 0 Å². The monoisotopic (exact) mass is 375 g/mol. The van der Waals surface area contributed by atoms with Crippen LogP contribution in [0.4, 0.5) is 10.5 Å². The number of cyclic esters (lactones) is 1. The van der Waals surface area contributed by atoms with Gasteiger partial charge in [0.15, 0.2) is 0 Å². The highest BCUT2D eigenvalue weighted by Crippen LogP contribution is 2.38. The fourth-order valence-electron chi connectivity index (χ4n) is 2.13. The summed E-state index contributed by atoms with van der Waals surface area (Å²) in [6.07, 6.45) is -0.277. The van der Waals surface area contributed by atoms with Gasteiger partial charge in [-0.05, 0) is 40.1 Å². The van der Waals surface area contributed by atoms with Crippen molar-refractivity contribution in [2.75, 3.05) is 25.2 Å². The van der Waals surface area contributed by atoms with Gasteiger partial charge in [-0.15, -0.1) is 0 Å². The van der Waals surface area contributed by atoms with Crippen molar-refractivity contribution in [1.29, 1.82) is 0 Å². The molecule has 0 saturated carbocycles. The second-order valence-electron chi connectivity index (χ2n) is 5.52. The molecule has 0 aromatic heterocycles. The van der Waals surface area contributed by atoms with Gasteiger partial charge >= 0.3 is 6.09 Å². The summed E-state index contributed by atoms with van der Waals surface area (Å²) in [4.78, 5) is 13.3. The Bertz CT molecular complexity index is 508. The van der Waals surface area contributed by atoms with E-state index in [0.717, 1.165) is 20.6 Å². The van der Waals surface area contributed by atoms with Crippen molar-refractivity contribution in [3.63, 3.8) is 0 Å². The number of rotatable bonds is 2. The van der Waals surface area contributed by atoms with Crippen molar-refractivity contribution in [2.45, 2.75) is 26.2 Å². The van der Waals surface area contributed by atoms with E-state index >= 15 is 0 Å². The summed E-state index contributed by atoms with van der Waals surface area (Å²) in [6, 6.07) is 3.98. The van der Waals surface area contributed by atoms with Crippen LogP contribution in [-0.4, -0.2) is 26.4 Å². The molecule has 1 aromatic rings. The molecule has 0 spiro atoms. The predicted molar refractivity (Wildman–Crippen MR) is 83.1 cm³/mol. The Labute approximate surface area is 127 Å². The van der Waals surface area contributed by atoms with E-state index in [1.165, 1.54) is 0 Å². The highest BCUT2D eigenvalue weighted by atomic mass is 127. The maximum absolute atomic E-state index is 11.7. The van der Waals surface area contributed by atoms with Crippen LogP contribution in [0.15, 0.2) is 12.1 Å². The number of ether oxygens (including phenoxy) is 2. The van der Waals surface area contributed by atoms with E-state index in [4.69, 9.17) is 9.47 Å². The van der Waals surface area contributed by atoms with E-state index in [0.29, 0.717) is 13.2 Å². The Kier molecular flexibility index (Phi) is 3.94. The molecule has 104 valence electrons. The topological polar surface area (TPSA) is 38.8 Å². The minimum absolute atomic E-state index is 0.0507. The van der Waals surface area contributed by atoms with Crippen LogP contribution in [0, 0.1) is 3.57 Å². The molecule has 4 nitrogen and oxygen atoms in total. The normalized spacial score (nSPS) is 15.6. The molecule has 1 aromatic carbocycles. The zero-order valence-electron chi connectivity index (χ0n) is 11.6. The van der Waals surface area contributed by atoms with Crippen molar-refractivity contribution in [3.8, 4) is 5.75 Å². The summed E-state index contributed by atoms with van der Waals surface area (Å²) >= 11 is 2.24. The van der Waals surface area contributed by atoms with Crippen LogP contribution in [-0.2, 0) is 10.2 Å². The summed E-state index contributed by atoms with van der Waals surface area (Å²) < 4.78 is 11.5. The van der Waals surface area contributed by atoms with Crippen molar-refractivity contribution >= 4 is 34.4 Å². The van der Waals surface area contributed by atoms with Crippen molar-refractivity contribution in [1.82, 2.24) is 0 Å². The molecular formula is C14H18INO3. The molecule has 19 heavy (non-hydrogen) atoms. The average Bonchev–Trinajstić information content (AvgIpc) is 2.73. The standard InChI is InChI=1S/C14H18INO3/c1-14(2,3)10-7-9(8-11(15)12(10)18-4)16-5-6-19-13(16)17/h7-8H,5-6H2,1-4H3. The second-order valence-corrected chi connectivity index (χ2v) is 6.69. The predicted octanol–water partition coefficient (Wildman–Crippen LogP) is 3.55. The molecule has 5 heteroatoms. The zero-order chi connectivity index (χ0) is 14.2. The summed E-state index contributed by atoms with van der Waals surface area (Å²) in [7, 11) is 1.68. The van der Waals surface area contributed by atoms with Crippen molar-refractivity contribution < 1.29 is 14.3 Å². The molecule has 0 radical (unpaired) electrons. The highest BCUT2D eigenvalue weighted by molar-refractivity contribution is 14.1. The first-order valence-electron chi connectivity index (χ1n) is 6.17. The number of anilines is 1. The van der Waals surface area contributed by atoms with Gasteiger partial charge in [0.1, 0.15) is 12.4 Å². The summed E-state index contributed by atoms with van der Waals surface area (Å²) in [5.74, 6) is 0.879. The Hall–Kier alpha value is -0.980. The molecule has 1 aliphatic heterocycles. The number of amides is 1. The number of nitrogens with zero attached hydrogens (tertiary/aromatic N) is 1. The molecule has 1 amide bonds. The number of halogens is 1. The SMILES string of the molecule is COc1c(I)cc(N2CCOC2=O)cc1C(C)(C)C. The minimum Gasteiger partial charge on any atom is -0.495 e. The third kappa shape index (κ3) is 2.80. The first kappa shape index (κ1) is 14.4. The van der Waals surface area contributed by atoms with Crippen molar-refractivity contribution in [2.24, 2.45) is 0 Å². The molecule has 1 heterocycles. The summed E-state index contributed by atoms with van der Waals surface area (Å²) in [5, 5.41) is 0. The van der Waals surface area contributed by atoms with Crippen LogP contribution < -0.4 is 9.64 Å². The molecule has 0 unspecified atom stereocenters. The molecule has 2 rings (SSSR count). The fourth-order valence-corrected chi connectivity index (χ4v) is 2.96. The Morgan fingerprint density at radius 1 is 1.37 bits per heavy atom. The van der Waals surface area contributed by atoms with Crippen LogP contribution in [0.5, 0.6) is 5.75 Å². The molecule has 0 aliphatic carbocycles. The highest BCUT2D eigenvalue weighted by Gasteiger charge is 2.28.